The second kappa shape index (κ2) is 5.87. The number of allylic oxidation sites excluding steroid dienone is 3. The standard InChI is InChI=1S/C19H21N/c1-6-16(7-2)17-8-10-18(11-9-17)19-12-20-15(5)13(3)14(19)4/h6-12H,1H2,2-5H3/b16-7+. The Labute approximate surface area is 121 Å². The van der Waals surface area contributed by atoms with Gasteiger partial charge in [-0.1, -0.05) is 43.0 Å². The monoisotopic (exact) mass is 263 g/mol. The lowest BCUT2D eigenvalue weighted by Crippen LogP contribution is -1.94. The van der Waals surface area contributed by atoms with Crippen LogP contribution in [0.15, 0.2) is 49.2 Å². The van der Waals surface area contributed by atoms with Gasteiger partial charge in [-0.15, -0.1) is 0 Å². The highest BCUT2D eigenvalue weighted by Gasteiger charge is 2.07. The Balaban J connectivity index is 2.46. The maximum Gasteiger partial charge on any atom is 0.0404 e. The smallest absolute Gasteiger partial charge is 0.0404 e. The summed E-state index contributed by atoms with van der Waals surface area (Å²) in [5.41, 5.74) is 8.45. The molecule has 0 bridgehead atoms. The van der Waals surface area contributed by atoms with Gasteiger partial charge in [-0.05, 0) is 55.5 Å². The number of aromatic nitrogens is 1. The van der Waals surface area contributed by atoms with Crippen LogP contribution in [0.1, 0.15) is 29.3 Å². The van der Waals surface area contributed by atoms with E-state index in [-0.39, 0.29) is 0 Å². The van der Waals surface area contributed by atoms with E-state index in [2.05, 4.69) is 62.7 Å². The first-order valence-electron chi connectivity index (χ1n) is 6.90. The highest BCUT2D eigenvalue weighted by atomic mass is 14.7. The van der Waals surface area contributed by atoms with E-state index in [9.17, 15) is 0 Å². The van der Waals surface area contributed by atoms with Crippen LogP contribution in [0.3, 0.4) is 0 Å². The molecule has 1 aromatic heterocycles. The Morgan fingerprint density at radius 1 is 1.05 bits per heavy atom. The summed E-state index contributed by atoms with van der Waals surface area (Å²) in [5, 5.41) is 0. The molecular formula is C19H21N. The minimum Gasteiger partial charge on any atom is -0.261 e. The number of hydrogen-bond acceptors (Lipinski definition) is 1. The second-order valence-corrected chi connectivity index (χ2v) is 5.03. The van der Waals surface area contributed by atoms with Crippen molar-refractivity contribution >= 4 is 5.57 Å². The maximum atomic E-state index is 4.48. The van der Waals surface area contributed by atoms with Crippen LogP contribution < -0.4 is 0 Å². The van der Waals surface area contributed by atoms with Crippen LogP contribution in [0.5, 0.6) is 0 Å². The van der Waals surface area contributed by atoms with Crippen molar-refractivity contribution in [2.45, 2.75) is 27.7 Å². The van der Waals surface area contributed by atoms with Gasteiger partial charge >= 0.3 is 0 Å². The fraction of sp³-hybridized carbons (Fsp3) is 0.211. The second-order valence-electron chi connectivity index (χ2n) is 5.03. The van der Waals surface area contributed by atoms with Crippen molar-refractivity contribution in [1.29, 1.82) is 0 Å². The van der Waals surface area contributed by atoms with E-state index in [1.807, 2.05) is 19.2 Å². The van der Waals surface area contributed by atoms with E-state index >= 15 is 0 Å². The van der Waals surface area contributed by atoms with E-state index < -0.39 is 0 Å². The molecule has 0 fully saturated rings. The molecule has 2 rings (SSSR count). The molecule has 2 aromatic rings. The van der Waals surface area contributed by atoms with Crippen molar-refractivity contribution in [2.24, 2.45) is 0 Å². The van der Waals surface area contributed by atoms with E-state index in [1.54, 1.807) is 0 Å². The molecule has 0 spiro atoms. The van der Waals surface area contributed by atoms with Crippen molar-refractivity contribution in [3.05, 3.63) is 71.6 Å². The summed E-state index contributed by atoms with van der Waals surface area (Å²) in [5.74, 6) is 0. The minimum absolute atomic E-state index is 1.10. The summed E-state index contributed by atoms with van der Waals surface area (Å²) in [6.45, 7) is 12.2. The van der Waals surface area contributed by atoms with Crippen LogP contribution in [0.2, 0.25) is 0 Å². The highest BCUT2D eigenvalue weighted by Crippen LogP contribution is 2.27. The zero-order chi connectivity index (χ0) is 14.7. The first kappa shape index (κ1) is 14.3. The Kier molecular flexibility index (Phi) is 4.19. The third kappa shape index (κ3) is 2.57. The molecule has 0 N–H and O–H groups in total. The number of rotatable bonds is 3. The lowest BCUT2D eigenvalue weighted by atomic mass is 9.96. The quantitative estimate of drug-likeness (QED) is 0.688. The minimum atomic E-state index is 1.10. The molecule has 0 aliphatic heterocycles. The van der Waals surface area contributed by atoms with Crippen LogP contribution in [-0.2, 0) is 0 Å². The number of pyridine rings is 1. The maximum absolute atomic E-state index is 4.48. The number of benzene rings is 1. The molecule has 1 aromatic carbocycles. The average Bonchev–Trinajstić information content (AvgIpc) is 2.47. The molecule has 0 aliphatic rings. The number of nitrogens with zero attached hydrogens (tertiary/aromatic N) is 1. The molecule has 0 atom stereocenters. The van der Waals surface area contributed by atoms with E-state index in [1.165, 1.54) is 27.8 Å². The average molecular weight is 263 g/mol. The fourth-order valence-corrected chi connectivity index (χ4v) is 2.36. The summed E-state index contributed by atoms with van der Waals surface area (Å²) in [6.07, 6.45) is 5.93. The molecule has 0 radical (unpaired) electrons. The van der Waals surface area contributed by atoms with Gasteiger partial charge in [0.1, 0.15) is 0 Å². The van der Waals surface area contributed by atoms with Crippen molar-refractivity contribution in [2.75, 3.05) is 0 Å². The predicted molar refractivity (Wildman–Crippen MR) is 87.7 cm³/mol. The third-order valence-electron chi connectivity index (χ3n) is 3.96. The SMILES string of the molecule is C=C/C(=C\C)c1ccc(-c2cnc(C)c(C)c2C)cc1. The van der Waals surface area contributed by atoms with E-state index in [4.69, 9.17) is 0 Å². The normalized spacial score (nSPS) is 11.5. The Morgan fingerprint density at radius 3 is 2.25 bits per heavy atom. The van der Waals surface area contributed by atoms with Gasteiger partial charge in [0.15, 0.2) is 0 Å². The van der Waals surface area contributed by atoms with Crippen molar-refractivity contribution in [3.63, 3.8) is 0 Å². The lowest BCUT2D eigenvalue weighted by Gasteiger charge is -2.11. The lowest BCUT2D eigenvalue weighted by molar-refractivity contribution is 1.12. The van der Waals surface area contributed by atoms with Gasteiger partial charge in [-0.25, -0.2) is 0 Å². The summed E-state index contributed by atoms with van der Waals surface area (Å²) in [4.78, 5) is 4.48. The molecule has 20 heavy (non-hydrogen) atoms. The fourth-order valence-electron chi connectivity index (χ4n) is 2.36. The summed E-state index contributed by atoms with van der Waals surface area (Å²) >= 11 is 0. The molecule has 0 saturated heterocycles. The van der Waals surface area contributed by atoms with Crippen LogP contribution >= 0.6 is 0 Å². The van der Waals surface area contributed by atoms with Crippen molar-refractivity contribution in [1.82, 2.24) is 4.98 Å². The predicted octanol–water partition coefficient (Wildman–Crippen LogP) is 5.26. The molecule has 0 saturated carbocycles. The largest absolute Gasteiger partial charge is 0.261 e. The van der Waals surface area contributed by atoms with Crippen LogP contribution in [0, 0.1) is 20.8 Å². The van der Waals surface area contributed by atoms with E-state index in [0.717, 1.165) is 11.3 Å². The third-order valence-corrected chi connectivity index (χ3v) is 3.96. The molecular weight excluding hydrogens is 242 g/mol. The topological polar surface area (TPSA) is 12.9 Å². The molecule has 0 unspecified atom stereocenters. The van der Waals surface area contributed by atoms with Gasteiger partial charge in [-0.2, -0.15) is 0 Å². The van der Waals surface area contributed by atoms with Gasteiger partial charge in [0.2, 0.25) is 0 Å². The zero-order valence-corrected chi connectivity index (χ0v) is 12.7. The molecule has 1 heterocycles. The van der Waals surface area contributed by atoms with Crippen LogP contribution in [0.4, 0.5) is 0 Å². The molecule has 1 nitrogen and oxygen atoms in total. The van der Waals surface area contributed by atoms with Crippen LogP contribution in [-0.4, -0.2) is 4.98 Å². The van der Waals surface area contributed by atoms with Gasteiger partial charge in [0, 0.05) is 17.5 Å². The Hall–Kier alpha value is -2.15. The van der Waals surface area contributed by atoms with Gasteiger partial charge < -0.3 is 0 Å². The Bertz CT molecular complexity index is 661. The summed E-state index contributed by atoms with van der Waals surface area (Å²) in [6, 6.07) is 8.59. The molecule has 0 amide bonds. The summed E-state index contributed by atoms with van der Waals surface area (Å²) in [7, 11) is 0. The molecule has 102 valence electrons. The molecule has 1 heteroatoms. The zero-order valence-electron chi connectivity index (χ0n) is 12.7. The Morgan fingerprint density at radius 2 is 1.70 bits per heavy atom. The van der Waals surface area contributed by atoms with E-state index in [0.29, 0.717) is 0 Å². The van der Waals surface area contributed by atoms with Crippen molar-refractivity contribution in [3.8, 4) is 11.1 Å². The van der Waals surface area contributed by atoms with Gasteiger partial charge in [-0.3, -0.25) is 4.98 Å². The van der Waals surface area contributed by atoms with Gasteiger partial charge in [0.05, 0.1) is 0 Å². The highest BCUT2D eigenvalue weighted by molar-refractivity contribution is 5.76. The first-order valence-corrected chi connectivity index (χ1v) is 6.90. The van der Waals surface area contributed by atoms with Crippen molar-refractivity contribution < 1.29 is 0 Å². The first-order chi connectivity index (χ1) is 9.58. The summed E-state index contributed by atoms with van der Waals surface area (Å²) < 4.78 is 0. The molecule has 0 aliphatic carbocycles. The van der Waals surface area contributed by atoms with Gasteiger partial charge in [0.25, 0.3) is 0 Å². The van der Waals surface area contributed by atoms with Crippen LogP contribution in [0.25, 0.3) is 16.7 Å². The number of aryl methyl sites for hydroxylation is 1. The number of hydrogen-bond donors (Lipinski definition) is 0.